The molecule has 92 valence electrons. The van der Waals surface area contributed by atoms with Gasteiger partial charge in [0.25, 0.3) is 0 Å². The van der Waals surface area contributed by atoms with Crippen LogP contribution >= 0.6 is 0 Å². The smallest absolute Gasteiger partial charge is 0.223 e. The number of hydrogen-bond donors (Lipinski definition) is 4. The predicted molar refractivity (Wildman–Crippen MR) is 49.1 cm³/mol. The van der Waals surface area contributed by atoms with Crippen molar-refractivity contribution in [2.75, 3.05) is 0 Å². The van der Waals surface area contributed by atoms with Crippen molar-refractivity contribution in [1.82, 2.24) is 9.80 Å². The maximum atomic E-state index is 11.1. The van der Waals surface area contributed by atoms with Gasteiger partial charge in [0.2, 0.25) is 11.8 Å². The summed E-state index contributed by atoms with van der Waals surface area (Å²) in [5.74, 6) is -1.47. The summed E-state index contributed by atoms with van der Waals surface area (Å²) in [6.07, 6.45) is -7.11. The van der Waals surface area contributed by atoms with E-state index < -0.39 is 36.7 Å². The molecule has 1 rings (SSSR count). The number of piperazine rings is 1. The van der Waals surface area contributed by atoms with Gasteiger partial charge in [-0.05, 0) is 0 Å². The Morgan fingerprint density at radius 2 is 0.938 bits per heavy atom. The zero-order valence-electron chi connectivity index (χ0n) is 8.81. The molecule has 4 unspecified atom stereocenters. The van der Waals surface area contributed by atoms with Crippen LogP contribution in [0.15, 0.2) is 0 Å². The molecular formula is C8H14N2O6. The second-order valence-electron chi connectivity index (χ2n) is 3.51. The molecule has 1 fully saturated rings. The van der Waals surface area contributed by atoms with Crippen LogP contribution in [-0.4, -0.2) is 67.0 Å². The van der Waals surface area contributed by atoms with Crippen LogP contribution in [0.5, 0.6) is 0 Å². The highest BCUT2D eigenvalue weighted by Crippen LogP contribution is 2.22. The number of nitrogens with zero attached hydrogens (tertiary/aromatic N) is 2. The van der Waals surface area contributed by atoms with E-state index >= 15 is 0 Å². The highest BCUT2D eigenvalue weighted by atomic mass is 16.4. The molecule has 1 aliphatic heterocycles. The molecule has 0 aromatic carbocycles. The Bertz CT molecular complexity index is 263. The quantitative estimate of drug-likeness (QED) is 0.354. The van der Waals surface area contributed by atoms with Crippen LogP contribution in [0.2, 0.25) is 0 Å². The average molecular weight is 234 g/mol. The van der Waals surface area contributed by atoms with Crippen molar-refractivity contribution < 1.29 is 30.0 Å². The zero-order valence-corrected chi connectivity index (χ0v) is 8.81. The number of rotatable bonds is 0. The summed E-state index contributed by atoms with van der Waals surface area (Å²) < 4.78 is 0. The summed E-state index contributed by atoms with van der Waals surface area (Å²) in [7, 11) is 0. The fraction of sp³-hybridized carbons (Fsp3) is 0.750. The van der Waals surface area contributed by atoms with Gasteiger partial charge in [-0.3, -0.25) is 19.4 Å². The lowest BCUT2D eigenvalue weighted by molar-refractivity contribution is -0.281. The number of aliphatic hydroxyl groups is 4. The van der Waals surface area contributed by atoms with Gasteiger partial charge in [-0.25, -0.2) is 0 Å². The van der Waals surface area contributed by atoms with Crippen molar-refractivity contribution in [1.29, 1.82) is 0 Å². The molecule has 0 radical (unpaired) electrons. The Hall–Kier alpha value is -1.22. The standard InChI is InChI=1S/C8H14N2O6/c1-3(11)9-5(13)7(15)10(4(2)12)8(16)6(9)14/h5-8,13-16H,1-2H3. The molecule has 4 N–H and O–H groups in total. The van der Waals surface area contributed by atoms with Crippen LogP contribution in [0.1, 0.15) is 13.8 Å². The Balaban J connectivity index is 3.03. The molecule has 0 aliphatic carbocycles. The van der Waals surface area contributed by atoms with E-state index in [2.05, 4.69) is 0 Å². The number of aliphatic hydroxyl groups excluding tert-OH is 4. The molecule has 0 aromatic rings. The topological polar surface area (TPSA) is 122 Å². The van der Waals surface area contributed by atoms with Gasteiger partial charge >= 0.3 is 0 Å². The first-order chi connectivity index (χ1) is 7.29. The first-order valence-electron chi connectivity index (χ1n) is 4.59. The summed E-state index contributed by atoms with van der Waals surface area (Å²) in [5, 5.41) is 38.0. The number of carbonyl (C=O) groups excluding carboxylic acids is 2. The van der Waals surface area contributed by atoms with Crippen LogP contribution in [-0.2, 0) is 9.59 Å². The molecule has 1 saturated heterocycles. The zero-order chi connectivity index (χ0) is 12.6. The SMILES string of the molecule is CC(=O)N1C(O)C(O)N(C(C)=O)C(O)C1O. The number of hydrogen-bond acceptors (Lipinski definition) is 6. The monoisotopic (exact) mass is 234 g/mol. The maximum Gasteiger partial charge on any atom is 0.223 e. The van der Waals surface area contributed by atoms with Crippen molar-refractivity contribution >= 4 is 11.8 Å². The Labute approximate surface area is 91.3 Å². The third-order valence-corrected chi connectivity index (χ3v) is 2.40. The van der Waals surface area contributed by atoms with Gasteiger partial charge in [-0.15, -0.1) is 0 Å². The molecule has 16 heavy (non-hydrogen) atoms. The molecule has 0 aromatic heterocycles. The molecular weight excluding hydrogens is 220 g/mol. The highest BCUT2D eigenvalue weighted by molar-refractivity contribution is 5.76. The molecule has 0 spiro atoms. The van der Waals surface area contributed by atoms with Gasteiger partial charge in [-0.1, -0.05) is 0 Å². The minimum absolute atomic E-state index is 0.495. The Morgan fingerprint density at radius 1 is 0.750 bits per heavy atom. The molecule has 0 bridgehead atoms. The van der Waals surface area contributed by atoms with E-state index in [1.54, 1.807) is 0 Å². The van der Waals surface area contributed by atoms with Crippen molar-refractivity contribution in [3.63, 3.8) is 0 Å². The van der Waals surface area contributed by atoms with Gasteiger partial charge in [0.1, 0.15) is 0 Å². The van der Waals surface area contributed by atoms with E-state index in [1.165, 1.54) is 0 Å². The van der Waals surface area contributed by atoms with E-state index in [9.17, 15) is 30.0 Å². The van der Waals surface area contributed by atoms with Crippen LogP contribution < -0.4 is 0 Å². The second kappa shape index (κ2) is 4.34. The minimum atomic E-state index is -1.78. The Kier molecular flexibility index (Phi) is 3.48. The molecule has 4 atom stereocenters. The number of carbonyl (C=O) groups is 2. The third-order valence-electron chi connectivity index (χ3n) is 2.40. The molecule has 0 saturated carbocycles. The summed E-state index contributed by atoms with van der Waals surface area (Å²) in [6.45, 7) is 2.10. The van der Waals surface area contributed by atoms with Crippen LogP contribution in [0.4, 0.5) is 0 Å². The van der Waals surface area contributed by atoms with E-state index in [4.69, 9.17) is 0 Å². The molecule has 2 amide bonds. The average Bonchev–Trinajstić information content (AvgIpc) is 2.14. The van der Waals surface area contributed by atoms with Crippen molar-refractivity contribution in [3.05, 3.63) is 0 Å². The van der Waals surface area contributed by atoms with Gasteiger partial charge < -0.3 is 20.4 Å². The Morgan fingerprint density at radius 3 is 1.06 bits per heavy atom. The van der Waals surface area contributed by atoms with Crippen LogP contribution in [0.25, 0.3) is 0 Å². The van der Waals surface area contributed by atoms with Crippen molar-refractivity contribution in [2.45, 2.75) is 38.8 Å². The first-order valence-corrected chi connectivity index (χ1v) is 4.59. The minimum Gasteiger partial charge on any atom is -0.369 e. The van der Waals surface area contributed by atoms with Crippen molar-refractivity contribution in [3.8, 4) is 0 Å². The lowest BCUT2D eigenvalue weighted by Crippen LogP contribution is -2.70. The lowest BCUT2D eigenvalue weighted by Gasteiger charge is -2.47. The number of amides is 2. The molecule has 8 nitrogen and oxygen atoms in total. The van der Waals surface area contributed by atoms with Crippen molar-refractivity contribution in [2.24, 2.45) is 0 Å². The van der Waals surface area contributed by atoms with Crippen LogP contribution in [0.3, 0.4) is 0 Å². The van der Waals surface area contributed by atoms with Crippen LogP contribution in [0, 0.1) is 0 Å². The highest BCUT2D eigenvalue weighted by Gasteiger charge is 2.47. The van der Waals surface area contributed by atoms with Gasteiger partial charge in [-0.2, -0.15) is 0 Å². The fourth-order valence-corrected chi connectivity index (χ4v) is 1.63. The summed E-state index contributed by atoms with van der Waals surface area (Å²) in [4.78, 5) is 23.1. The summed E-state index contributed by atoms with van der Waals surface area (Å²) >= 11 is 0. The summed E-state index contributed by atoms with van der Waals surface area (Å²) in [5.41, 5.74) is 0. The molecule has 1 aliphatic rings. The normalized spacial score (nSPS) is 35.1. The maximum absolute atomic E-state index is 11.1. The molecule has 1 heterocycles. The first kappa shape index (κ1) is 12.8. The lowest BCUT2D eigenvalue weighted by atomic mass is 10.2. The third kappa shape index (κ3) is 1.87. The van der Waals surface area contributed by atoms with Gasteiger partial charge in [0.15, 0.2) is 24.9 Å². The summed E-state index contributed by atoms with van der Waals surface area (Å²) in [6, 6.07) is 0. The van der Waals surface area contributed by atoms with Gasteiger partial charge in [0.05, 0.1) is 0 Å². The predicted octanol–water partition coefficient (Wildman–Crippen LogP) is -3.03. The fourth-order valence-electron chi connectivity index (χ4n) is 1.63. The van der Waals surface area contributed by atoms with E-state index in [0.29, 0.717) is 9.80 Å². The van der Waals surface area contributed by atoms with E-state index in [1.807, 2.05) is 0 Å². The van der Waals surface area contributed by atoms with Gasteiger partial charge in [0, 0.05) is 13.8 Å². The van der Waals surface area contributed by atoms with E-state index in [0.717, 1.165) is 13.8 Å². The largest absolute Gasteiger partial charge is 0.369 e. The molecule has 8 heteroatoms. The van der Waals surface area contributed by atoms with E-state index in [-0.39, 0.29) is 0 Å². The second-order valence-corrected chi connectivity index (χ2v) is 3.51.